The van der Waals surface area contributed by atoms with Gasteiger partial charge in [-0.05, 0) is 43.4 Å². The molecule has 1 saturated heterocycles. The summed E-state index contributed by atoms with van der Waals surface area (Å²) in [7, 11) is 1.70. The Labute approximate surface area is 162 Å². The number of fused-ring (bicyclic) bond motifs is 1. The molecule has 4 rings (SSSR count). The molecule has 0 saturated carbocycles. The van der Waals surface area contributed by atoms with Gasteiger partial charge in [-0.1, -0.05) is 24.3 Å². The highest BCUT2D eigenvalue weighted by Gasteiger charge is 2.30. The monoisotopic (exact) mass is 366 g/mol. The van der Waals surface area contributed by atoms with E-state index in [4.69, 9.17) is 4.74 Å². The highest BCUT2D eigenvalue weighted by Crippen LogP contribution is 2.27. The van der Waals surface area contributed by atoms with Crippen LogP contribution < -0.4 is 5.32 Å². The molecule has 5 heteroatoms. The Balaban J connectivity index is 1.27. The van der Waals surface area contributed by atoms with Crippen LogP contribution in [-0.4, -0.2) is 53.8 Å². The van der Waals surface area contributed by atoms with Crippen molar-refractivity contribution in [3.8, 4) is 0 Å². The highest BCUT2D eigenvalue weighted by molar-refractivity contribution is 5.33. The topological polar surface area (TPSA) is 50.3 Å². The molecule has 1 atom stereocenters. The van der Waals surface area contributed by atoms with Crippen molar-refractivity contribution in [1.82, 2.24) is 20.2 Å². The zero-order chi connectivity index (χ0) is 18.5. The second-order valence-electron chi connectivity index (χ2n) is 7.80. The summed E-state index contributed by atoms with van der Waals surface area (Å²) in [5, 5.41) is 3.73. The fourth-order valence-corrected chi connectivity index (χ4v) is 4.36. The van der Waals surface area contributed by atoms with Crippen LogP contribution in [0.25, 0.3) is 0 Å². The summed E-state index contributed by atoms with van der Waals surface area (Å²) in [4.78, 5) is 11.6. The Bertz CT molecular complexity index is 708. The number of nitrogens with one attached hydrogen (secondary N) is 1. The zero-order valence-electron chi connectivity index (χ0n) is 16.2. The molecule has 0 spiro atoms. The molecule has 27 heavy (non-hydrogen) atoms. The number of hydrogen-bond acceptors (Lipinski definition) is 5. The smallest absolute Gasteiger partial charge is 0.130 e. The molecule has 2 heterocycles. The number of benzene rings is 1. The van der Waals surface area contributed by atoms with Gasteiger partial charge in [-0.25, -0.2) is 9.97 Å². The van der Waals surface area contributed by atoms with Crippen molar-refractivity contribution in [3.05, 3.63) is 59.2 Å². The first kappa shape index (κ1) is 18.5. The first-order valence-electron chi connectivity index (χ1n) is 10.1. The van der Waals surface area contributed by atoms with Crippen molar-refractivity contribution < 1.29 is 4.74 Å². The van der Waals surface area contributed by atoms with Crippen LogP contribution in [0.2, 0.25) is 0 Å². The zero-order valence-corrected chi connectivity index (χ0v) is 16.2. The van der Waals surface area contributed by atoms with Gasteiger partial charge in [0.15, 0.2) is 0 Å². The molecule has 1 N–H and O–H groups in total. The third-order valence-electron chi connectivity index (χ3n) is 5.88. The lowest BCUT2D eigenvalue weighted by Crippen LogP contribution is -2.49. The number of piperidine rings is 1. The largest absolute Gasteiger partial charge is 0.384 e. The quantitative estimate of drug-likeness (QED) is 0.815. The lowest BCUT2D eigenvalue weighted by atomic mass is 10.0. The fourth-order valence-electron chi connectivity index (χ4n) is 4.36. The number of hydrogen-bond donors (Lipinski definition) is 1. The fraction of sp³-hybridized carbons (Fsp3) is 0.545. The van der Waals surface area contributed by atoms with Gasteiger partial charge in [0.1, 0.15) is 5.82 Å². The van der Waals surface area contributed by atoms with Crippen LogP contribution in [-0.2, 0) is 30.5 Å². The molecule has 1 aliphatic carbocycles. The van der Waals surface area contributed by atoms with Crippen LogP contribution in [0, 0.1) is 0 Å². The lowest BCUT2D eigenvalue weighted by Gasteiger charge is -2.37. The average Bonchev–Trinajstić information content (AvgIpc) is 3.16. The van der Waals surface area contributed by atoms with Crippen LogP contribution in [0.15, 0.2) is 36.7 Å². The van der Waals surface area contributed by atoms with Crippen molar-refractivity contribution in [2.45, 2.75) is 50.7 Å². The van der Waals surface area contributed by atoms with E-state index in [0.29, 0.717) is 18.7 Å². The molecule has 144 valence electrons. The number of ether oxygens (including phenoxy) is 1. The maximum Gasteiger partial charge on any atom is 0.130 e. The molecule has 1 fully saturated rings. The predicted octanol–water partition coefficient (Wildman–Crippen LogP) is 2.39. The van der Waals surface area contributed by atoms with Crippen LogP contribution in [0.1, 0.15) is 35.4 Å². The minimum atomic E-state index is 0.552. The van der Waals surface area contributed by atoms with Gasteiger partial charge in [0.25, 0.3) is 0 Å². The summed E-state index contributed by atoms with van der Waals surface area (Å²) in [5.74, 6) is 0.852. The maximum atomic E-state index is 5.08. The third kappa shape index (κ3) is 4.72. The minimum Gasteiger partial charge on any atom is -0.384 e. The van der Waals surface area contributed by atoms with Gasteiger partial charge in [-0.2, -0.15) is 0 Å². The molecule has 0 radical (unpaired) electrons. The number of aromatic nitrogens is 2. The maximum absolute atomic E-state index is 5.08. The van der Waals surface area contributed by atoms with Gasteiger partial charge < -0.3 is 10.1 Å². The van der Waals surface area contributed by atoms with Crippen LogP contribution in [0.3, 0.4) is 0 Å². The van der Waals surface area contributed by atoms with Crippen molar-refractivity contribution in [3.63, 3.8) is 0 Å². The standard InChI is InChI=1S/C22H30N4O/c1-27-10-8-22-24-14-17(15-25-22)13-23-20-7-4-9-26(16-20)21-11-18-5-2-3-6-19(18)12-21/h2-3,5-6,14-15,20-21,23H,4,7-13,16H2,1H3/t20-/m1/s1. The molecule has 2 aromatic rings. The van der Waals surface area contributed by atoms with E-state index in [1.54, 1.807) is 18.2 Å². The van der Waals surface area contributed by atoms with Crippen LogP contribution >= 0.6 is 0 Å². The van der Waals surface area contributed by atoms with Gasteiger partial charge in [-0.3, -0.25) is 4.90 Å². The Kier molecular flexibility index (Phi) is 6.12. The minimum absolute atomic E-state index is 0.552. The SMILES string of the molecule is COCCc1ncc(CN[C@@H]2CCCN(C3Cc4ccccc4C3)C2)cn1. The molecule has 0 amide bonds. The van der Waals surface area contributed by atoms with E-state index in [-0.39, 0.29) is 0 Å². The van der Waals surface area contributed by atoms with Gasteiger partial charge in [0, 0.05) is 56.7 Å². The Morgan fingerprint density at radius 2 is 1.89 bits per heavy atom. The Morgan fingerprint density at radius 1 is 1.15 bits per heavy atom. The first-order valence-corrected chi connectivity index (χ1v) is 10.1. The van der Waals surface area contributed by atoms with Gasteiger partial charge in [-0.15, -0.1) is 0 Å². The van der Waals surface area contributed by atoms with Crippen LogP contribution in [0.5, 0.6) is 0 Å². The number of likely N-dealkylation sites (tertiary alicyclic amines) is 1. The number of rotatable bonds is 7. The molecule has 2 aliphatic rings. The van der Waals surface area contributed by atoms with E-state index < -0.39 is 0 Å². The van der Waals surface area contributed by atoms with Gasteiger partial charge in [0.2, 0.25) is 0 Å². The van der Waals surface area contributed by atoms with Gasteiger partial charge >= 0.3 is 0 Å². The van der Waals surface area contributed by atoms with Gasteiger partial charge in [0.05, 0.1) is 6.61 Å². The van der Waals surface area contributed by atoms with E-state index in [9.17, 15) is 0 Å². The third-order valence-corrected chi connectivity index (χ3v) is 5.88. The second kappa shape index (κ2) is 8.91. The summed E-state index contributed by atoms with van der Waals surface area (Å²) in [5.41, 5.74) is 4.24. The summed E-state index contributed by atoms with van der Waals surface area (Å²) in [6.45, 7) is 3.88. The average molecular weight is 367 g/mol. The van der Waals surface area contributed by atoms with Crippen molar-refractivity contribution >= 4 is 0 Å². The van der Waals surface area contributed by atoms with E-state index in [1.165, 1.54) is 32.2 Å². The molecule has 1 aromatic carbocycles. The van der Waals surface area contributed by atoms with E-state index >= 15 is 0 Å². The van der Waals surface area contributed by atoms with E-state index in [2.05, 4.69) is 44.5 Å². The summed E-state index contributed by atoms with van der Waals surface area (Å²) >= 11 is 0. The summed E-state index contributed by atoms with van der Waals surface area (Å²) < 4.78 is 5.08. The van der Waals surface area contributed by atoms with Crippen molar-refractivity contribution in [1.29, 1.82) is 0 Å². The molecule has 0 unspecified atom stereocenters. The summed E-state index contributed by atoms with van der Waals surface area (Å²) in [6, 6.07) is 10.2. The molecular weight excluding hydrogens is 336 g/mol. The molecule has 1 aromatic heterocycles. The van der Waals surface area contributed by atoms with E-state index in [1.807, 2.05) is 12.4 Å². The van der Waals surface area contributed by atoms with Crippen molar-refractivity contribution in [2.24, 2.45) is 0 Å². The lowest BCUT2D eigenvalue weighted by molar-refractivity contribution is 0.140. The Hall–Kier alpha value is -1.82. The van der Waals surface area contributed by atoms with Crippen LogP contribution in [0.4, 0.5) is 0 Å². The predicted molar refractivity (Wildman–Crippen MR) is 107 cm³/mol. The molecule has 0 bridgehead atoms. The molecular formula is C22H30N4O. The summed E-state index contributed by atoms with van der Waals surface area (Å²) in [6.07, 6.45) is 9.60. The number of nitrogens with zero attached hydrogens (tertiary/aromatic N) is 3. The van der Waals surface area contributed by atoms with Crippen molar-refractivity contribution in [2.75, 3.05) is 26.8 Å². The van der Waals surface area contributed by atoms with E-state index in [0.717, 1.165) is 30.9 Å². The molecule has 5 nitrogen and oxygen atoms in total. The Morgan fingerprint density at radius 3 is 2.59 bits per heavy atom. The highest BCUT2D eigenvalue weighted by atomic mass is 16.5. The second-order valence-corrected chi connectivity index (χ2v) is 7.80. The molecule has 1 aliphatic heterocycles. The first-order chi connectivity index (χ1) is 13.3. The number of methoxy groups -OCH3 is 1. The normalized spacial score (nSPS) is 20.7.